The number of aryl methyl sites for hydroxylation is 1. The van der Waals surface area contributed by atoms with Crippen LogP contribution in [0.4, 0.5) is 13.2 Å². The number of carboxylic acid groups (broad SMARTS) is 1. The van der Waals surface area contributed by atoms with Crippen LogP contribution in [0.1, 0.15) is 58.0 Å². The van der Waals surface area contributed by atoms with Crippen LogP contribution in [0.3, 0.4) is 0 Å². The first kappa shape index (κ1) is 26.3. The van der Waals surface area contributed by atoms with Crippen LogP contribution >= 0.6 is 11.3 Å². The van der Waals surface area contributed by atoms with Crippen LogP contribution in [0.15, 0.2) is 54.6 Å². The summed E-state index contributed by atoms with van der Waals surface area (Å²) in [6, 6.07) is 14.1. The number of thiophene rings is 1. The monoisotopic (exact) mass is 505 g/mol. The maximum Gasteiger partial charge on any atom is 0.416 e. The van der Waals surface area contributed by atoms with Crippen LogP contribution in [0.5, 0.6) is 5.75 Å². The number of ether oxygens (including phenoxy) is 1. The lowest BCUT2D eigenvalue weighted by molar-refractivity contribution is -0.138. The quantitative estimate of drug-likeness (QED) is 0.315. The Kier molecular flexibility index (Phi) is 8.56. The van der Waals surface area contributed by atoms with Gasteiger partial charge in [-0.2, -0.15) is 13.2 Å². The number of nitrogens with one attached hydrogen (secondary N) is 1. The Hall–Kier alpha value is -3.33. The summed E-state index contributed by atoms with van der Waals surface area (Å²) in [5, 5.41) is 11.3. The van der Waals surface area contributed by atoms with E-state index in [4.69, 9.17) is 9.84 Å². The molecule has 1 unspecified atom stereocenters. The molecule has 1 amide bonds. The molecule has 0 saturated heterocycles. The summed E-state index contributed by atoms with van der Waals surface area (Å²) in [5.41, 5.74) is 1.67. The molecule has 3 rings (SSSR count). The predicted octanol–water partition coefficient (Wildman–Crippen LogP) is 6.87. The number of alkyl halides is 3. The minimum atomic E-state index is -4.37. The minimum absolute atomic E-state index is 0.0564. The number of hydrogen-bond acceptors (Lipinski definition) is 4. The van der Waals surface area contributed by atoms with E-state index in [1.54, 1.807) is 12.1 Å². The number of carboxylic acids is 1. The largest absolute Gasteiger partial charge is 0.485 e. The van der Waals surface area contributed by atoms with Gasteiger partial charge >= 0.3 is 12.1 Å². The molecule has 0 aliphatic carbocycles. The van der Waals surface area contributed by atoms with Crippen molar-refractivity contribution in [1.82, 2.24) is 5.32 Å². The summed E-state index contributed by atoms with van der Waals surface area (Å²) in [7, 11) is 0. The molecule has 3 aromatic rings. The van der Waals surface area contributed by atoms with Crippen molar-refractivity contribution in [3.8, 4) is 16.9 Å². The smallest absolute Gasteiger partial charge is 0.416 e. The van der Waals surface area contributed by atoms with E-state index in [0.717, 1.165) is 41.0 Å². The van der Waals surface area contributed by atoms with E-state index in [2.05, 4.69) is 5.32 Å². The molecule has 1 aromatic heterocycles. The average molecular weight is 506 g/mol. The molecule has 0 aliphatic rings. The van der Waals surface area contributed by atoms with E-state index < -0.39 is 17.7 Å². The highest BCUT2D eigenvalue weighted by Crippen LogP contribution is 2.35. The zero-order valence-electron chi connectivity index (χ0n) is 19.3. The zero-order chi connectivity index (χ0) is 25.6. The molecule has 9 heteroatoms. The van der Waals surface area contributed by atoms with Crippen molar-refractivity contribution in [2.24, 2.45) is 0 Å². The van der Waals surface area contributed by atoms with Crippen LogP contribution in [0.25, 0.3) is 11.1 Å². The lowest BCUT2D eigenvalue weighted by Crippen LogP contribution is -2.25. The molecule has 1 atom stereocenters. The summed E-state index contributed by atoms with van der Waals surface area (Å²) >= 11 is 1.30. The number of halogens is 3. The van der Waals surface area contributed by atoms with Gasteiger partial charge in [-0.15, -0.1) is 11.3 Å². The van der Waals surface area contributed by atoms with E-state index in [1.165, 1.54) is 23.5 Å². The number of benzene rings is 2. The molecule has 186 valence electrons. The van der Waals surface area contributed by atoms with Crippen LogP contribution in [0.2, 0.25) is 0 Å². The van der Waals surface area contributed by atoms with E-state index in [1.807, 2.05) is 32.0 Å². The van der Waals surface area contributed by atoms with Gasteiger partial charge in [0.2, 0.25) is 0 Å². The molecule has 35 heavy (non-hydrogen) atoms. The molecule has 0 radical (unpaired) electrons. The van der Waals surface area contributed by atoms with Crippen molar-refractivity contribution in [3.63, 3.8) is 0 Å². The van der Waals surface area contributed by atoms with Gasteiger partial charge in [-0.1, -0.05) is 31.5 Å². The molecule has 0 aliphatic heterocycles. The normalized spacial score (nSPS) is 12.3. The number of rotatable bonds is 10. The number of amides is 1. The van der Waals surface area contributed by atoms with Crippen LogP contribution < -0.4 is 10.1 Å². The fourth-order valence-electron chi connectivity index (χ4n) is 3.58. The summed E-state index contributed by atoms with van der Waals surface area (Å²) in [4.78, 5) is 24.2. The number of hydrogen-bond donors (Lipinski definition) is 2. The van der Waals surface area contributed by atoms with Gasteiger partial charge in [0.15, 0.2) is 0 Å². The zero-order valence-corrected chi connectivity index (χ0v) is 20.1. The number of carbonyl (C=O) groups is 2. The van der Waals surface area contributed by atoms with Crippen molar-refractivity contribution < 1.29 is 32.6 Å². The fourth-order valence-corrected chi connectivity index (χ4v) is 4.56. The molecular formula is C26H26F3NO4S. The Morgan fingerprint density at radius 3 is 2.40 bits per heavy atom. The van der Waals surface area contributed by atoms with Gasteiger partial charge in [0.25, 0.3) is 5.91 Å². The Labute approximate surface area is 205 Å². The third kappa shape index (κ3) is 7.08. The van der Waals surface area contributed by atoms with E-state index in [9.17, 15) is 22.8 Å². The van der Waals surface area contributed by atoms with Crippen molar-refractivity contribution in [3.05, 3.63) is 75.5 Å². The Morgan fingerprint density at radius 2 is 1.80 bits per heavy atom. The Morgan fingerprint density at radius 1 is 1.09 bits per heavy atom. The standard InChI is InChI=1S/C26H26F3NO4S/c1-3-4-21(22-11-12-23(35-22)25(33)30-14-13-24(31)32)34-19-9-10-20(16(2)15-19)17-5-7-18(8-6-17)26(27,28)29/h5-12,15,21H,3-4,13-14H2,1-2H3,(H,30,33)(H,31,32). The van der Waals surface area contributed by atoms with Crippen molar-refractivity contribution in [2.45, 2.75) is 45.4 Å². The second-order valence-corrected chi connectivity index (χ2v) is 9.16. The maximum atomic E-state index is 12.8. The molecule has 0 spiro atoms. The van der Waals surface area contributed by atoms with Crippen LogP contribution in [-0.2, 0) is 11.0 Å². The Bertz CT molecular complexity index is 1170. The van der Waals surface area contributed by atoms with Crippen molar-refractivity contribution in [2.75, 3.05) is 6.54 Å². The molecular weight excluding hydrogens is 479 g/mol. The van der Waals surface area contributed by atoms with Crippen LogP contribution in [-0.4, -0.2) is 23.5 Å². The molecule has 0 fully saturated rings. The molecule has 5 nitrogen and oxygen atoms in total. The van der Waals surface area contributed by atoms with Gasteiger partial charge in [-0.05, 0) is 66.4 Å². The molecule has 1 heterocycles. The van der Waals surface area contributed by atoms with Crippen molar-refractivity contribution >= 4 is 23.2 Å². The summed E-state index contributed by atoms with van der Waals surface area (Å²) in [6.07, 6.45) is -3.22. The maximum absolute atomic E-state index is 12.8. The first-order valence-electron chi connectivity index (χ1n) is 11.1. The lowest BCUT2D eigenvalue weighted by Gasteiger charge is -2.19. The fraction of sp³-hybridized carbons (Fsp3) is 0.308. The van der Waals surface area contributed by atoms with Gasteiger partial charge in [0.1, 0.15) is 11.9 Å². The first-order valence-corrected chi connectivity index (χ1v) is 11.9. The van der Waals surface area contributed by atoms with E-state index in [0.29, 0.717) is 16.2 Å². The van der Waals surface area contributed by atoms with Crippen molar-refractivity contribution in [1.29, 1.82) is 0 Å². The molecule has 2 aromatic carbocycles. The molecule has 0 saturated carbocycles. The molecule has 0 bridgehead atoms. The lowest BCUT2D eigenvalue weighted by atomic mass is 9.99. The van der Waals surface area contributed by atoms with E-state index in [-0.39, 0.29) is 25.0 Å². The molecule has 2 N–H and O–H groups in total. The summed E-state index contributed by atoms with van der Waals surface area (Å²) < 4.78 is 44.8. The topological polar surface area (TPSA) is 75.6 Å². The Balaban J connectivity index is 1.73. The second kappa shape index (κ2) is 11.4. The number of aliphatic carboxylic acids is 1. The summed E-state index contributed by atoms with van der Waals surface area (Å²) in [6.45, 7) is 3.96. The summed E-state index contributed by atoms with van der Waals surface area (Å²) in [5.74, 6) is -0.680. The van der Waals surface area contributed by atoms with Gasteiger partial charge in [-0.3, -0.25) is 9.59 Å². The first-order chi connectivity index (χ1) is 16.6. The highest BCUT2D eigenvalue weighted by molar-refractivity contribution is 7.14. The van der Waals surface area contributed by atoms with Gasteiger partial charge in [-0.25, -0.2) is 0 Å². The number of carbonyl (C=O) groups excluding carboxylic acids is 1. The van der Waals surface area contributed by atoms with Gasteiger partial charge < -0.3 is 15.2 Å². The third-order valence-corrected chi connectivity index (χ3v) is 6.52. The SMILES string of the molecule is CCCC(Oc1ccc(-c2ccc(C(F)(F)F)cc2)c(C)c1)c1ccc(C(=O)NCCC(=O)O)s1. The highest BCUT2D eigenvalue weighted by Gasteiger charge is 2.30. The average Bonchev–Trinajstić information content (AvgIpc) is 3.29. The van der Waals surface area contributed by atoms with Gasteiger partial charge in [0.05, 0.1) is 16.9 Å². The van der Waals surface area contributed by atoms with Crippen LogP contribution in [0, 0.1) is 6.92 Å². The second-order valence-electron chi connectivity index (χ2n) is 8.05. The third-order valence-electron chi connectivity index (χ3n) is 5.34. The van der Waals surface area contributed by atoms with E-state index >= 15 is 0 Å². The predicted molar refractivity (Wildman–Crippen MR) is 129 cm³/mol. The van der Waals surface area contributed by atoms with Gasteiger partial charge in [0, 0.05) is 11.4 Å². The minimum Gasteiger partial charge on any atom is -0.485 e. The highest BCUT2D eigenvalue weighted by atomic mass is 32.1.